The minimum absolute atomic E-state index is 0.0215. The lowest BCUT2D eigenvalue weighted by molar-refractivity contribution is -0.142. The van der Waals surface area contributed by atoms with Crippen LogP contribution in [0.25, 0.3) is 0 Å². The number of nitrogens with zero attached hydrogens (tertiary/aromatic N) is 1. The standard InChI is InChI=1S/C29H49N3O5/c1-7-9-11-12-13-15-20-32(27(35)22(3)31-28(36)37-29(4,5)6)25(23-17-16-18-24(33)21-23)26(34)30-19-14-10-8-2/h16-18,21-22,25,33H,7-15,19-20H2,1-6H3,(H,30,34)(H,31,36). The van der Waals surface area contributed by atoms with Gasteiger partial charge in [-0.1, -0.05) is 70.9 Å². The van der Waals surface area contributed by atoms with E-state index in [1.807, 2.05) is 0 Å². The van der Waals surface area contributed by atoms with Crippen molar-refractivity contribution in [2.24, 2.45) is 0 Å². The van der Waals surface area contributed by atoms with Crippen LogP contribution in [-0.2, 0) is 14.3 Å². The molecule has 0 aliphatic heterocycles. The number of carbonyl (C=O) groups excluding carboxylic acids is 3. The highest BCUT2D eigenvalue weighted by Crippen LogP contribution is 2.26. The van der Waals surface area contributed by atoms with Crippen LogP contribution in [0.3, 0.4) is 0 Å². The second-order valence-electron chi connectivity index (χ2n) is 10.7. The summed E-state index contributed by atoms with van der Waals surface area (Å²) in [5.74, 6) is -0.657. The SMILES string of the molecule is CCCCCCCCN(C(=O)C(C)NC(=O)OC(C)(C)C)C(C(=O)NCCCCC)c1cccc(O)c1. The summed E-state index contributed by atoms with van der Waals surface area (Å²) in [5, 5.41) is 15.7. The Balaban J connectivity index is 3.20. The van der Waals surface area contributed by atoms with Crippen LogP contribution in [-0.4, -0.2) is 52.6 Å². The number of aromatic hydroxyl groups is 1. The van der Waals surface area contributed by atoms with E-state index < -0.39 is 23.8 Å². The van der Waals surface area contributed by atoms with Gasteiger partial charge in [0.15, 0.2) is 0 Å². The third-order valence-electron chi connectivity index (χ3n) is 5.96. The Morgan fingerprint density at radius 1 is 0.973 bits per heavy atom. The maximum Gasteiger partial charge on any atom is 0.408 e. The molecule has 0 aromatic heterocycles. The van der Waals surface area contributed by atoms with Crippen LogP contribution in [0.1, 0.15) is 111 Å². The highest BCUT2D eigenvalue weighted by atomic mass is 16.6. The fourth-order valence-electron chi connectivity index (χ4n) is 4.07. The molecule has 210 valence electrons. The van der Waals surface area contributed by atoms with Gasteiger partial charge in [-0.3, -0.25) is 9.59 Å². The van der Waals surface area contributed by atoms with Crippen LogP contribution in [0.5, 0.6) is 5.75 Å². The molecule has 0 saturated carbocycles. The molecule has 3 amide bonds. The van der Waals surface area contributed by atoms with E-state index in [1.54, 1.807) is 39.8 Å². The minimum atomic E-state index is -0.931. The minimum Gasteiger partial charge on any atom is -0.508 e. The fourth-order valence-corrected chi connectivity index (χ4v) is 4.07. The van der Waals surface area contributed by atoms with Gasteiger partial charge in [0.2, 0.25) is 11.8 Å². The Labute approximate surface area is 223 Å². The van der Waals surface area contributed by atoms with Crippen molar-refractivity contribution in [1.29, 1.82) is 0 Å². The summed E-state index contributed by atoms with van der Waals surface area (Å²) >= 11 is 0. The van der Waals surface area contributed by atoms with E-state index in [4.69, 9.17) is 4.74 Å². The van der Waals surface area contributed by atoms with E-state index in [2.05, 4.69) is 24.5 Å². The molecule has 3 N–H and O–H groups in total. The topological polar surface area (TPSA) is 108 Å². The first-order valence-corrected chi connectivity index (χ1v) is 13.9. The lowest BCUT2D eigenvalue weighted by atomic mass is 10.0. The summed E-state index contributed by atoms with van der Waals surface area (Å²) < 4.78 is 5.33. The fraction of sp³-hybridized carbons (Fsp3) is 0.690. The predicted octanol–water partition coefficient (Wildman–Crippen LogP) is 5.84. The number of rotatable bonds is 16. The van der Waals surface area contributed by atoms with E-state index in [9.17, 15) is 19.5 Å². The van der Waals surface area contributed by atoms with Gasteiger partial charge in [0.1, 0.15) is 23.4 Å². The first-order valence-electron chi connectivity index (χ1n) is 13.9. The second kappa shape index (κ2) is 16.9. The maximum absolute atomic E-state index is 13.7. The molecule has 0 aliphatic carbocycles. The number of phenols is 1. The molecular weight excluding hydrogens is 470 g/mol. The number of ether oxygens (including phenoxy) is 1. The van der Waals surface area contributed by atoms with Crippen LogP contribution in [0.2, 0.25) is 0 Å². The van der Waals surface area contributed by atoms with E-state index in [-0.39, 0.29) is 17.6 Å². The van der Waals surface area contributed by atoms with Gasteiger partial charge in [-0.15, -0.1) is 0 Å². The normalized spacial score (nSPS) is 12.9. The third kappa shape index (κ3) is 12.8. The summed E-state index contributed by atoms with van der Waals surface area (Å²) in [6.07, 6.45) is 8.35. The zero-order valence-electron chi connectivity index (χ0n) is 23.8. The van der Waals surface area contributed by atoms with E-state index >= 15 is 0 Å². The van der Waals surface area contributed by atoms with E-state index in [0.29, 0.717) is 18.7 Å². The molecule has 1 aromatic carbocycles. The molecule has 1 aromatic rings. The number of amides is 3. The summed E-state index contributed by atoms with van der Waals surface area (Å²) in [5.41, 5.74) is -0.176. The Bertz CT molecular complexity index is 837. The molecule has 0 saturated heterocycles. The molecule has 8 heteroatoms. The smallest absolute Gasteiger partial charge is 0.408 e. The average molecular weight is 520 g/mol. The number of alkyl carbamates (subject to hydrolysis) is 1. The first-order chi connectivity index (χ1) is 17.5. The molecule has 0 fully saturated rings. The molecule has 8 nitrogen and oxygen atoms in total. The van der Waals surface area contributed by atoms with Crippen molar-refractivity contribution in [2.75, 3.05) is 13.1 Å². The number of phenolic OH excluding ortho intramolecular Hbond substituents is 1. The molecule has 2 atom stereocenters. The Hall–Kier alpha value is -2.77. The van der Waals surface area contributed by atoms with Crippen LogP contribution in [0.4, 0.5) is 4.79 Å². The summed E-state index contributed by atoms with van der Waals surface area (Å²) in [6.45, 7) is 12.0. The molecule has 0 spiro atoms. The predicted molar refractivity (Wildman–Crippen MR) is 147 cm³/mol. The van der Waals surface area contributed by atoms with Crippen molar-refractivity contribution in [1.82, 2.24) is 15.5 Å². The number of unbranched alkanes of at least 4 members (excludes halogenated alkanes) is 7. The zero-order chi connectivity index (χ0) is 27.8. The molecule has 37 heavy (non-hydrogen) atoms. The molecule has 0 aliphatic rings. The highest BCUT2D eigenvalue weighted by molar-refractivity contribution is 5.92. The van der Waals surface area contributed by atoms with Gasteiger partial charge < -0.3 is 25.4 Å². The number of hydrogen-bond acceptors (Lipinski definition) is 5. The van der Waals surface area contributed by atoms with Gasteiger partial charge in [0, 0.05) is 13.1 Å². The first kappa shape index (κ1) is 32.3. The molecule has 1 rings (SSSR count). The van der Waals surface area contributed by atoms with Crippen LogP contribution >= 0.6 is 0 Å². The zero-order valence-corrected chi connectivity index (χ0v) is 23.8. The molecule has 2 unspecified atom stereocenters. The number of carbonyl (C=O) groups is 3. The van der Waals surface area contributed by atoms with Gasteiger partial charge in [-0.25, -0.2) is 4.79 Å². The van der Waals surface area contributed by atoms with E-state index in [0.717, 1.165) is 51.4 Å². The quantitative estimate of drug-likeness (QED) is 0.238. The van der Waals surface area contributed by atoms with Gasteiger partial charge in [-0.2, -0.15) is 0 Å². The molecular formula is C29H49N3O5. The van der Waals surface area contributed by atoms with Gasteiger partial charge in [0.05, 0.1) is 0 Å². The van der Waals surface area contributed by atoms with Crippen LogP contribution < -0.4 is 10.6 Å². The lowest BCUT2D eigenvalue weighted by Crippen LogP contribution is -2.52. The Morgan fingerprint density at radius 3 is 2.22 bits per heavy atom. The number of hydrogen-bond donors (Lipinski definition) is 3. The number of benzene rings is 1. The Morgan fingerprint density at radius 2 is 1.59 bits per heavy atom. The van der Waals surface area contributed by atoms with Crippen molar-refractivity contribution < 1.29 is 24.2 Å². The third-order valence-corrected chi connectivity index (χ3v) is 5.96. The monoisotopic (exact) mass is 519 g/mol. The van der Waals surface area contributed by atoms with Crippen molar-refractivity contribution in [3.63, 3.8) is 0 Å². The molecule has 0 heterocycles. The van der Waals surface area contributed by atoms with Gasteiger partial charge in [0.25, 0.3) is 0 Å². The molecule has 0 bridgehead atoms. The molecule has 0 radical (unpaired) electrons. The highest BCUT2D eigenvalue weighted by Gasteiger charge is 2.34. The second-order valence-corrected chi connectivity index (χ2v) is 10.7. The van der Waals surface area contributed by atoms with Crippen LogP contribution in [0.15, 0.2) is 24.3 Å². The van der Waals surface area contributed by atoms with Crippen LogP contribution in [0, 0.1) is 0 Å². The van der Waals surface area contributed by atoms with Crippen molar-refractivity contribution in [2.45, 2.75) is 117 Å². The summed E-state index contributed by atoms with van der Waals surface area (Å²) in [6, 6.07) is 4.62. The van der Waals surface area contributed by atoms with Crippen molar-refractivity contribution in [3.05, 3.63) is 29.8 Å². The average Bonchev–Trinajstić information content (AvgIpc) is 2.81. The Kier molecular flexibility index (Phi) is 14.7. The number of nitrogens with one attached hydrogen (secondary N) is 2. The lowest BCUT2D eigenvalue weighted by Gasteiger charge is -2.34. The van der Waals surface area contributed by atoms with Crippen molar-refractivity contribution >= 4 is 17.9 Å². The van der Waals surface area contributed by atoms with Gasteiger partial charge >= 0.3 is 6.09 Å². The maximum atomic E-state index is 13.7. The largest absolute Gasteiger partial charge is 0.508 e. The summed E-state index contributed by atoms with van der Waals surface area (Å²) in [4.78, 5) is 41.1. The van der Waals surface area contributed by atoms with Gasteiger partial charge in [-0.05, 0) is 58.2 Å². The summed E-state index contributed by atoms with van der Waals surface area (Å²) in [7, 11) is 0. The van der Waals surface area contributed by atoms with Crippen molar-refractivity contribution in [3.8, 4) is 5.75 Å². The van der Waals surface area contributed by atoms with E-state index in [1.165, 1.54) is 23.5 Å².